The van der Waals surface area contributed by atoms with Crippen molar-refractivity contribution < 1.29 is 9.18 Å². The number of aromatic nitrogens is 2. The average molecular weight is 411 g/mol. The number of rotatable bonds is 6. The number of fused-ring (bicyclic) bond motifs is 1. The fourth-order valence-corrected chi connectivity index (χ4v) is 4.63. The Labute approximate surface area is 178 Å². The summed E-state index contributed by atoms with van der Waals surface area (Å²) < 4.78 is 15.9. The molecule has 2 heterocycles. The van der Waals surface area contributed by atoms with E-state index in [4.69, 9.17) is 5.10 Å². The van der Waals surface area contributed by atoms with Gasteiger partial charge in [0.2, 0.25) is 0 Å². The Morgan fingerprint density at radius 1 is 1.23 bits per heavy atom. The topological polar surface area (TPSA) is 50.2 Å². The van der Waals surface area contributed by atoms with Crippen LogP contribution in [0.3, 0.4) is 0 Å². The number of hydrogen-bond acceptors (Lipinski definition) is 3. The zero-order valence-corrected chi connectivity index (χ0v) is 17.6. The summed E-state index contributed by atoms with van der Waals surface area (Å²) in [6.45, 7) is 6.58. The van der Waals surface area contributed by atoms with Crippen LogP contribution in [0.25, 0.3) is 0 Å². The first-order valence-corrected chi connectivity index (χ1v) is 11.1. The van der Waals surface area contributed by atoms with Crippen molar-refractivity contribution in [3.8, 4) is 0 Å². The van der Waals surface area contributed by atoms with Crippen molar-refractivity contribution in [2.75, 3.05) is 13.1 Å². The van der Waals surface area contributed by atoms with E-state index in [1.807, 2.05) is 27.8 Å². The fraction of sp³-hybridized carbons (Fsp3) is 0.500. The monoisotopic (exact) mass is 410 g/mol. The number of carbonyl (C=O) groups is 1. The van der Waals surface area contributed by atoms with Gasteiger partial charge in [0.15, 0.2) is 5.69 Å². The molecule has 2 aliphatic rings. The number of likely N-dealkylation sites (tertiary alicyclic amines) is 1. The van der Waals surface area contributed by atoms with Crippen LogP contribution in [-0.4, -0.2) is 39.7 Å². The molecule has 4 rings (SSSR count). The Kier molecular flexibility index (Phi) is 6.62. The van der Waals surface area contributed by atoms with Gasteiger partial charge in [-0.3, -0.25) is 9.48 Å². The van der Waals surface area contributed by atoms with Crippen LogP contribution in [-0.2, 0) is 25.9 Å². The highest BCUT2D eigenvalue weighted by molar-refractivity contribution is 5.94. The average Bonchev–Trinajstić information content (AvgIpc) is 2.92. The van der Waals surface area contributed by atoms with Crippen LogP contribution in [0, 0.1) is 5.82 Å². The summed E-state index contributed by atoms with van der Waals surface area (Å²) in [6.07, 6.45) is 8.89. The zero-order valence-electron chi connectivity index (χ0n) is 17.6. The summed E-state index contributed by atoms with van der Waals surface area (Å²) in [4.78, 5) is 15.3. The van der Waals surface area contributed by atoms with E-state index in [1.165, 1.54) is 18.9 Å². The van der Waals surface area contributed by atoms with Crippen molar-refractivity contribution in [2.24, 2.45) is 0 Å². The molecule has 6 heteroatoms. The Morgan fingerprint density at radius 2 is 2.00 bits per heavy atom. The van der Waals surface area contributed by atoms with Gasteiger partial charge in [-0.15, -0.1) is 6.58 Å². The predicted octanol–water partition coefficient (Wildman–Crippen LogP) is 3.87. The molecule has 160 valence electrons. The van der Waals surface area contributed by atoms with Gasteiger partial charge < -0.3 is 10.2 Å². The summed E-state index contributed by atoms with van der Waals surface area (Å²) in [5, 5.41) is 8.22. The molecule has 1 aliphatic heterocycles. The third-order valence-electron chi connectivity index (χ3n) is 6.28. The molecule has 0 bridgehead atoms. The molecule has 0 saturated carbocycles. The fourth-order valence-electron chi connectivity index (χ4n) is 4.63. The molecule has 1 N–H and O–H groups in total. The predicted molar refractivity (Wildman–Crippen MR) is 116 cm³/mol. The first-order chi connectivity index (χ1) is 14.7. The van der Waals surface area contributed by atoms with Gasteiger partial charge in [0, 0.05) is 42.5 Å². The second-order valence-corrected chi connectivity index (χ2v) is 8.36. The number of amides is 1. The zero-order chi connectivity index (χ0) is 20.9. The number of carbonyl (C=O) groups excluding carboxylic acids is 1. The summed E-state index contributed by atoms with van der Waals surface area (Å²) >= 11 is 0. The first kappa shape index (κ1) is 20.8. The highest BCUT2D eigenvalue weighted by Gasteiger charge is 2.31. The summed E-state index contributed by atoms with van der Waals surface area (Å²) in [7, 11) is 0. The minimum absolute atomic E-state index is 0.0608. The first-order valence-electron chi connectivity index (χ1n) is 11.1. The van der Waals surface area contributed by atoms with Gasteiger partial charge >= 0.3 is 0 Å². The summed E-state index contributed by atoms with van der Waals surface area (Å²) in [6, 6.07) is 7.08. The third kappa shape index (κ3) is 4.48. The van der Waals surface area contributed by atoms with Gasteiger partial charge in [-0.05, 0) is 38.2 Å². The van der Waals surface area contributed by atoms with Crippen molar-refractivity contribution in [1.82, 2.24) is 20.0 Å². The Bertz CT molecular complexity index is 899. The van der Waals surface area contributed by atoms with Crippen molar-refractivity contribution >= 4 is 5.91 Å². The van der Waals surface area contributed by atoms with Crippen molar-refractivity contribution in [2.45, 2.75) is 64.1 Å². The molecule has 5 nitrogen and oxygen atoms in total. The molecule has 30 heavy (non-hydrogen) atoms. The number of allylic oxidation sites excluding steroid dienone is 1. The van der Waals surface area contributed by atoms with E-state index in [-0.39, 0.29) is 17.8 Å². The largest absolute Gasteiger partial charge is 0.337 e. The normalized spacial score (nSPS) is 19.2. The lowest BCUT2D eigenvalue weighted by Crippen LogP contribution is -2.36. The second-order valence-electron chi connectivity index (χ2n) is 8.36. The molecular weight excluding hydrogens is 379 g/mol. The molecule has 1 aliphatic carbocycles. The molecule has 1 amide bonds. The lowest BCUT2D eigenvalue weighted by molar-refractivity contribution is 0.0753. The van der Waals surface area contributed by atoms with Crippen LogP contribution in [0.4, 0.5) is 4.39 Å². The maximum absolute atomic E-state index is 14.0. The Morgan fingerprint density at radius 3 is 2.73 bits per heavy atom. The van der Waals surface area contributed by atoms with E-state index >= 15 is 0 Å². The molecule has 0 radical (unpaired) electrons. The molecule has 1 fully saturated rings. The van der Waals surface area contributed by atoms with Crippen LogP contribution >= 0.6 is 0 Å². The van der Waals surface area contributed by atoms with Crippen LogP contribution < -0.4 is 5.32 Å². The number of hydrogen-bond donors (Lipinski definition) is 1. The van der Waals surface area contributed by atoms with Gasteiger partial charge in [0.05, 0.1) is 6.54 Å². The standard InChI is InChI=1S/C24H31FN4O/c1-2-13-29-22-12-11-19(26-17-18-9-5-6-10-21(18)25)16-20(22)23(27-29)24(30)28-14-7-3-4-8-15-28/h2,5-6,9-10,19,26H,1,3-4,7-8,11-17H2. The molecule has 1 unspecified atom stereocenters. The summed E-state index contributed by atoms with van der Waals surface area (Å²) in [5.41, 5.74) is 3.48. The van der Waals surface area contributed by atoms with Crippen LogP contribution in [0.15, 0.2) is 36.9 Å². The van der Waals surface area contributed by atoms with Gasteiger partial charge in [0.1, 0.15) is 5.82 Å². The van der Waals surface area contributed by atoms with Gasteiger partial charge in [-0.25, -0.2) is 4.39 Å². The SMILES string of the molecule is C=CCn1nc(C(=O)N2CCCCCC2)c2c1CCC(NCc1ccccc1F)C2. The van der Waals surface area contributed by atoms with Crippen LogP contribution in [0.5, 0.6) is 0 Å². The second kappa shape index (κ2) is 9.56. The molecule has 1 saturated heterocycles. The van der Waals surface area contributed by atoms with E-state index in [2.05, 4.69) is 11.9 Å². The van der Waals surface area contributed by atoms with Crippen molar-refractivity contribution in [1.29, 1.82) is 0 Å². The molecule has 0 spiro atoms. The number of benzene rings is 1. The van der Waals surface area contributed by atoms with Gasteiger partial charge in [0.25, 0.3) is 5.91 Å². The van der Waals surface area contributed by atoms with Crippen molar-refractivity contribution in [3.05, 3.63) is 65.3 Å². The number of nitrogens with zero attached hydrogens (tertiary/aromatic N) is 3. The van der Waals surface area contributed by atoms with Gasteiger partial charge in [-0.1, -0.05) is 37.1 Å². The maximum Gasteiger partial charge on any atom is 0.274 e. The van der Waals surface area contributed by atoms with E-state index in [9.17, 15) is 9.18 Å². The molecule has 1 aromatic carbocycles. The number of nitrogens with one attached hydrogen (secondary N) is 1. The highest BCUT2D eigenvalue weighted by Crippen LogP contribution is 2.27. The van der Waals surface area contributed by atoms with E-state index in [1.54, 1.807) is 6.07 Å². The Hall–Kier alpha value is -2.47. The quantitative estimate of drug-likeness (QED) is 0.736. The van der Waals surface area contributed by atoms with Gasteiger partial charge in [-0.2, -0.15) is 5.10 Å². The minimum atomic E-state index is -0.183. The molecule has 2 aromatic rings. The molecule has 1 atom stereocenters. The maximum atomic E-state index is 14.0. The number of halogens is 1. The third-order valence-corrected chi connectivity index (χ3v) is 6.28. The summed E-state index contributed by atoms with van der Waals surface area (Å²) in [5.74, 6) is -0.122. The van der Waals surface area contributed by atoms with Crippen LogP contribution in [0.1, 0.15) is 59.4 Å². The van der Waals surface area contributed by atoms with E-state index < -0.39 is 0 Å². The molecular formula is C24H31FN4O. The smallest absolute Gasteiger partial charge is 0.274 e. The van der Waals surface area contributed by atoms with E-state index in [0.29, 0.717) is 24.3 Å². The lowest BCUT2D eigenvalue weighted by Gasteiger charge is -2.25. The van der Waals surface area contributed by atoms with Crippen LogP contribution in [0.2, 0.25) is 0 Å². The minimum Gasteiger partial charge on any atom is -0.337 e. The Balaban J connectivity index is 1.53. The van der Waals surface area contributed by atoms with Crippen molar-refractivity contribution in [3.63, 3.8) is 0 Å². The highest BCUT2D eigenvalue weighted by atomic mass is 19.1. The van der Waals surface area contributed by atoms with E-state index in [0.717, 1.165) is 56.5 Å². The lowest BCUT2D eigenvalue weighted by atomic mass is 9.90. The molecule has 1 aromatic heterocycles.